The van der Waals surface area contributed by atoms with Crippen LogP contribution in [0.2, 0.25) is 0 Å². The molecule has 4 nitrogen and oxygen atoms in total. The summed E-state index contributed by atoms with van der Waals surface area (Å²) in [5.74, 6) is 1.04. The summed E-state index contributed by atoms with van der Waals surface area (Å²) in [7, 11) is 0. The van der Waals surface area contributed by atoms with Crippen LogP contribution in [0.1, 0.15) is 36.5 Å². The topological polar surface area (TPSA) is 64.3 Å². The van der Waals surface area contributed by atoms with Gasteiger partial charge < -0.3 is 15.8 Å². The third kappa shape index (κ3) is 5.30. The van der Waals surface area contributed by atoms with Crippen molar-refractivity contribution < 1.29 is 9.53 Å². The van der Waals surface area contributed by atoms with Gasteiger partial charge in [0.05, 0.1) is 0 Å². The van der Waals surface area contributed by atoms with Crippen molar-refractivity contribution in [3.63, 3.8) is 0 Å². The van der Waals surface area contributed by atoms with Crippen molar-refractivity contribution in [2.75, 3.05) is 18.9 Å². The number of nitrogens with two attached hydrogens (primary N) is 1. The molecule has 0 saturated carbocycles. The minimum atomic E-state index is -0.110. The van der Waals surface area contributed by atoms with Gasteiger partial charge >= 0.3 is 0 Å². The van der Waals surface area contributed by atoms with Crippen LogP contribution < -0.4 is 15.8 Å². The van der Waals surface area contributed by atoms with Crippen LogP contribution in [-0.2, 0) is 11.2 Å². The normalized spacial score (nSPS) is 10.7. The lowest BCUT2D eigenvalue weighted by atomic mass is 10.0. The van der Waals surface area contributed by atoms with Gasteiger partial charge in [-0.05, 0) is 54.2 Å². The van der Waals surface area contributed by atoms with Crippen LogP contribution in [0.3, 0.4) is 0 Å². The van der Waals surface area contributed by atoms with Crippen molar-refractivity contribution in [1.29, 1.82) is 0 Å². The second kappa shape index (κ2) is 8.39. The van der Waals surface area contributed by atoms with Crippen LogP contribution in [0.15, 0.2) is 42.5 Å². The van der Waals surface area contributed by atoms with Gasteiger partial charge in [-0.25, -0.2) is 0 Å². The second-order valence-corrected chi connectivity index (χ2v) is 6.33. The molecule has 0 fully saturated rings. The Balaban J connectivity index is 1.81. The summed E-state index contributed by atoms with van der Waals surface area (Å²) in [6, 6.07) is 13.8. The van der Waals surface area contributed by atoms with Crippen molar-refractivity contribution in [1.82, 2.24) is 5.32 Å². The molecule has 0 radical (unpaired) electrons. The fraction of sp³-hybridized carbons (Fsp3) is 0.350. The van der Waals surface area contributed by atoms with Gasteiger partial charge in [-0.15, -0.1) is 0 Å². The average molecular weight is 326 g/mol. The van der Waals surface area contributed by atoms with E-state index in [0.29, 0.717) is 12.5 Å². The Bertz CT molecular complexity index is 679. The number of benzene rings is 2. The summed E-state index contributed by atoms with van der Waals surface area (Å²) in [5, 5.41) is 2.88. The summed E-state index contributed by atoms with van der Waals surface area (Å²) in [6.45, 7) is 6.86. The summed E-state index contributed by atoms with van der Waals surface area (Å²) in [4.78, 5) is 12.0. The first-order valence-corrected chi connectivity index (χ1v) is 8.30. The number of amides is 1. The van der Waals surface area contributed by atoms with Crippen LogP contribution in [0.25, 0.3) is 0 Å². The fourth-order valence-corrected chi connectivity index (χ4v) is 2.47. The number of hydrogen-bond acceptors (Lipinski definition) is 3. The Morgan fingerprint density at radius 2 is 1.88 bits per heavy atom. The molecular weight excluding hydrogens is 300 g/mol. The molecule has 0 saturated heterocycles. The minimum absolute atomic E-state index is 0.0326. The molecule has 0 aliphatic heterocycles. The molecule has 2 aromatic carbocycles. The van der Waals surface area contributed by atoms with Crippen LogP contribution >= 0.6 is 0 Å². The number of carbonyl (C=O) groups excluding carboxylic acids is 1. The first kappa shape index (κ1) is 17.9. The quantitative estimate of drug-likeness (QED) is 0.766. The maximum atomic E-state index is 12.0. The molecule has 0 spiro atoms. The van der Waals surface area contributed by atoms with Gasteiger partial charge in [0, 0.05) is 12.2 Å². The number of hydrogen-bond donors (Lipinski definition) is 2. The van der Waals surface area contributed by atoms with Crippen LogP contribution in [0.5, 0.6) is 5.75 Å². The molecule has 4 heteroatoms. The highest BCUT2D eigenvalue weighted by atomic mass is 16.5. The third-order valence-corrected chi connectivity index (χ3v) is 3.87. The predicted octanol–water partition coefficient (Wildman–Crippen LogP) is 3.44. The number of ether oxygens (including phenoxy) is 1. The number of anilines is 1. The summed E-state index contributed by atoms with van der Waals surface area (Å²) in [6.07, 6.45) is 0.772. The van der Waals surface area contributed by atoms with Gasteiger partial charge in [-0.3, -0.25) is 4.79 Å². The van der Waals surface area contributed by atoms with Crippen molar-refractivity contribution in [2.45, 2.75) is 33.1 Å². The third-order valence-electron chi connectivity index (χ3n) is 3.87. The molecule has 128 valence electrons. The van der Waals surface area contributed by atoms with Crippen molar-refractivity contribution in [3.05, 3.63) is 59.2 Å². The van der Waals surface area contributed by atoms with Crippen molar-refractivity contribution in [3.8, 4) is 5.75 Å². The lowest BCUT2D eigenvalue weighted by Gasteiger charge is -2.14. The monoisotopic (exact) mass is 326 g/mol. The van der Waals surface area contributed by atoms with E-state index in [9.17, 15) is 4.79 Å². The lowest BCUT2D eigenvalue weighted by molar-refractivity contribution is -0.123. The number of nitrogens with one attached hydrogen (secondary N) is 1. The second-order valence-electron chi connectivity index (χ2n) is 6.33. The first-order valence-electron chi connectivity index (χ1n) is 8.30. The molecule has 3 N–H and O–H groups in total. The Labute approximate surface area is 144 Å². The Morgan fingerprint density at radius 3 is 2.54 bits per heavy atom. The van der Waals surface area contributed by atoms with E-state index >= 15 is 0 Å². The summed E-state index contributed by atoms with van der Waals surface area (Å²) < 4.78 is 5.73. The predicted molar refractivity (Wildman–Crippen MR) is 98.3 cm³/mol. The summed E-state index contributed by atoms with van der Waals surface area (Å²) >= 11 is 0. The maximum absolute atomic E-state index is 12.0. The molecule has 0 heterocycles. The Hall–Kier alpha value is -2.49. The molecule has 0 bridgehead atoms. The molecule has 24 heavy (non-hydrogen) atoms. The average Bonchev–Trinajstić information content (AvgIpc) is 2.54. The number of aryl methyl sites for hydroxylation is 1. The molecule has 0 aliphatic carbocycles. The first-order chi connectivity index (χ1) is 11.5. The van der Waals surface area contributed by atoms with Gasteiger partial charge in [0.25, 0.3) is 5.91 Å². The molecule has 2 aromatic rings. The van der Waals surface area contributed by atoms with Gasteiger partial charge in [-0.1, -0.05) is 38.1 Å². The van der Waals surface area contributed by atoms with E-state index in [1.165, 1.54) is 0 Å². The standard InChI is InChI=1S/C20H26N2O2/c1-14(2)18-9-4-15(3)12-19(18)24-13-20(23)22-11-10-16-5-7-17(21)8-6-16/h4-9,12,14H,10-11,13,21H2,1-3H3,(H,22,23). The van der Waals surface area contributed by atoms with Crippen LogP contribution in [0.4, 0.5) is 5.69 Å². The molecule has 0 aliphatic rings. The van der Waals surface area contributed by atoms with E-state index < -0.39 is 0 Å². The maximum Gasteiger partial charge on any atom is 0.257 e. The van der Waals surface area contributed by atoms with Crippen molar-refractivity contribution >= 4 is 11.6 Å². The van der Waals surface area contributed by atoms with Gasteiger partial charge in [-0.2, -0.15) is 0 Å². The van der Waals surface area contributed by atoms with E-state index in [2.05, 4.69) is 31.3 Å². The minimum Gasteiger partial charge on any atom is -0.483 e. The molecule has 1 amide bonds. The highest BCUT2D eigenvalue weighted by Crippen LogP contribution is 2.27. The van der Waals surface area contributed by atoms with Gasteiger partial charge in [0.1, 0.15) is 5.75 Å². The molecule has 0 unspecified atom stereocenters. The highest BCUT2D eigenvalue weighted by molar-refractivity contribution is 5.77. The van der Waals surface area contributed by atoms with Gasteiger partial charge in [0.2, 0.25) is 0 Å². The molecule has 0 aromatic heterocycles. The van der Waals surface area contributed by atoms with E-state index in [1.807, 2.05) is 37.3 Å². The van der Waals surface area contributed by atoms with Crippen LogP contribution in [0, 0.1) is 6.92 Å². The smallest absolute Gasteiger partial charge is 0.257 e. The zero-order valence-electron chi connectivity index (χ0n) is 14.6. The Kier molecular flexibility index (Phi) is 6.24. The van der Waals surface area contributed by atoms with Gasteiger partial charge in [0.15, 0.2) is 6.61 Å². The molecular formula is C20H26N2O2. The zero-order chi connectivity index (χ0) is 17.5. The van der Waals surface area contributed by atoms with E-state index in [-0.39, 0.29) is 12.5 Å². The Morgan fingerprint density at radius 1 is 1.17 bits per heavy atom. The zero-order valence-corrected chi connectivity index (χ0v) is 14.6. The largest absolute Gasteiger partial charge is 0.483 e. The van der Waals surface area contributed by atoms with Crippen molar-refractivity contribution in [2.24, 2.45) is 0 Å². The van der Waals surface area contributed by atoms with E-state index in [0.717, 1.165) is 34.5 Å². The SMILES string of the molecule is Cc1ccc(C(C)C)c(OCC(=O)NCCc2ccc(N)cc2)c1. The number of carbonyl (C=O) groups is 1. The fourth-order valence-electron chi connectivity index (χ4n) is 2.47. The number of rotatable bonds is 7. The molecule has 0 atom stereocenters. The summed E-state index contributed by atoms with van der Waals surface area (Å²) in [5.41, 5.74) is 9.79. The lowest BCUT2D eigenvalue weighted by Crippen LogP contribution is -2.30. The molecule has 2 rings (SSSR count). The van der Waals surface area contributed by atoms with E-state index in [1.54, 1.807) is 0 Å². The van der Waals surface area contributed by atoms with Crippen LogP contribution in [-0.4, -0.2) is 19.1 Å². The van der Waals surface area contributed by atoms with E-state index in [4.69, 9.17) is 10.5 Å². The number of nitrogen functional groups attached to an aromatic ring is 1. The highest BCUT2D eigenvalue weighted by Gasteiger charge is 2.10.